The van der Waals surface area contributed by atoms with Gasteiger partial charge in [0.2, 0.25) is 0 Å². The Labute approximate surface area is 425 Å². The first-order valence-electron chi connectivity index (χ1n) is 25.8. The molecular weight excluding hydrogens is 865 g/mol. The molecule has 0 spiro atoms. The molecule has 0 atom stereocenters. The number of hydrogen-bond donors (Lipinski definition) is 0. The number of aromatic nitrogens is 2. The van der Waals surface area contributed by atoms with Crippen LogP contribution < -0.4 is 14.5 Å². The molecule has 0 unspecified atom stereocenters. The van der Waals surface area contributed by atoms with Gasteiger partial charge in [0.1, 0.15) is 24.0 Å². The van der Waals surface area contributed by atoms with Crippen molar-refractivity contribution in [2.24, 2.45) is 0 Å². The molecule has 0 aliphatic carbocycles. The van der Waals surface area contributed by atoms with Gasteiger partial charge in [0, 0.05) is 40.5 Å². The SMILES string of the molecule is CC(C)(C)c1cc(Oc2ccc3c4ccccc4n(-c4cc(C(C)(C)C)ccn4)c3c2)cc(N2CN(c3cc(-c4cc(C(C)(C)C)cc(C(C)(C)C)c4)cc(C(C)(C)C)c3)c3ccc(C(C)(C)C)cc32)c1. The quantitative estimate of drug-likeness (QED) is 0.166. The zero-order valence-electron chi connectivity index (χ0n) is 46.1. The Morgan fingerprint density at radius 1 is 0.380 bits per heavy atom. The van der Waals surface area contributed by atoms with Crippen LogP contribution in [0.25, 0.3) is 38.8 Å². The molecule has 1 aliphatic rings. The molecule has 0 saturated carbocycles. The summed E-state index contributed by atoms with van der Waals surface area (Å²) in [6.07, 6.45) is 1.94. The van der Waals surface area contributed by atoms with E-state index in [1.54, 1.807) is 0 Å². The van der Waals surface area contributed by atoms with Crippen LogP contribution in [0.15, 0.2) is 134 Å². The smallest absolute Gasteiger partial charge is 0.137 e. The minimum atomic E-state index is -0.146. The highest BCUT2D eigenvalue weighted by atomic mass is 16.5. The van der Waals surface area contributed by atoms with E-state index in [9.17, 15) is 0 Å². The van der Waals surface area contributed by atoms with Crippen molar-refractivity contribution in [1.82, 2.24) is 9.55 Å². The van der Waals surface area contributed by atoms with Gasteiger partial charge in [-0.2, -0.15) is 0 Å². The molecular formula is C66H78N4O. The third-order valence-corrected chi connectivity index (χ3v) is 14.6. The van der Waals surface area contributed by atoms with E-state index in [-0.39, 0.29) is 32.5 Å². The molecule has 0 radical (unpaired) electrons. The molecule has 0 amide bonds. The Morgan fingerprint density at radius 2 is 0.887 bits per heavy atom. The van der Waals surface area contributed by atoms with E-state index in [0.717, 1.165) is 34.0 Å². The van der Waals surface area contributed by atoms with Crippen LogP contribution in [0.3, 0.4) is 0 Å². The lowest BCUT2D eigenvalue weighted by Gasteiger charge is -2.29. The van der Waals surface area contributed by atoms with Crippen LogP contribution in [-0.2, 0) is 32.5 Å². The Hall–Kier alpha value is -6.33. The number of pyridine rings is 1. The van der Waals surface area contributed by atoms with E-state index in [1.165, 1.54) is 72.3 Å². The third-order valence-electron chi connectivity index (χ3n) is 14.6. The summed E-state index contributed by atoms with van der Waals surface area (Å²) in [6.45, 7) is 42.2. The maximum absolute atomic E-state index is 7.08. The van der Waals surface area contributed by atoms with E-state index in [2.05, 4.69) is 266 Å². The zero-order valence-corrected chi connectivity index (χ0v) is 46.1. The second-order valence-corrected chi connectivity index (χ2v) is 26.5. The van der Waals surface area contributed by atoms with Gasteiger partial charge >= 0.3 is 0 Å². The van der Waals surface area contributed by atoms with E-state index in [0.29, 0.717) is 6.67 Å². The van der Waals surface area contributed by atoms with E-state index in [4.69, 9.17) is 9.72 Å². The number of rotatable bonds is 6. The van der Waals surface area contributed by atoms with Crippen molar-refractivity contribution in [3.8, 4) is 28.4 Å². The predicted molar refractivity (Wildman–Crippen MR) is 305 cm³/mol. The van der Waals surface area contributed by atoms with Gasteiger partial charge < -0.3 is 14.5 Å². The van der Waals surface area contributed by atoms with Crippen molar-refractivity contribution >= 4 is 44.6 Å². The van der Waals surface area contributed by atoms with Crippen LogP contribution >= 0.6 is 0 Å². The van der Waals surface area contributed by atoms with Gasteiger partial charge in [0.25, 0.3) is 0 Å². The number of hydrogen-bond acceptors (Lipinski definition) is 4. The Balaban J connectivity index is 1.18. The second kappa shape index (κ2) is 17.2. The van der Waals surface area contributed by atoms with Crippen LogP contribution in [0.5, 0.6) is 11.5 Å². The van der Waals surface area contributed by atoms with Gasteiger partial charge in [-0.3, -0.25) is 4.57 Å². The van der Waals surface area contributed by atoms with Crippen molar-refractivity contribution in [3.63, 3.8) is 0 Å². The van der Waals surface area contributed by atoms with Crippen LogP contribution in [0.4, 0.5) is 22.7 Å². The van der Waals surface area contributed by atoms with Crippen LogP contribution in [0.2, 0.25) is 0 Å². The van der Waals surface area contributed by atoms with Crippen LogP contribution in [0, 0.1) is 0 Å². The number of para-hydroxylation sites is 1. The standard InChI is InChI=1S/C66H78N4O/c1-61(2,3)44-23-26-57-59(37-44)69(41-68(57)50-32-43(31-48(34-50)65(13,14)15)42-29-46(63(7,8)9)33-47(30-42)64(10,11)12)51-35-49(66(16,17)18)36-53(39-51)71-52-24-25-55-54-21-19-20-22-56(54)70(58(55)40-52)60-38-45(27-28-67-60)62(4,5)6/h19-40H,41H2,1-18H3. The highest BCUT2D eigenvalue weighted by Crippen LogP contribution is 2.49. The fourth-order valence-electron chi connectivity index (χ4n) is 9.83. The van der Waals surface area contributed by atoms with Gasteiger partial charge in [-0.05, 0) is 144 Å². The summed E-state index contributed by atoms with van der Waals surface area (Å²) in [5.74, 6) is 2.48. The van der Waals surface area contributed by atoms with Crippen LogP contribution in [-0.4, -0.2) is 16.2 Å². The topological polar surface area (TPSA) is 33.5 Å². The van der Waals surface area contributed by atoms with E-state index in [1.807, 2.05) is 6.20 Å². The minimum Gasteiger partial charge on any atom is -0.457 e. The predicted octanol–water partition coefficient (Wildman–Crippen LogP) is 18.7. The Morgan fingerprint density at radius 3 is 1.49 bits per heavy atom. The second-order valence-electron chi connectivity index (χ2n) is 26.5. The van der Waals surface area contributed by atoms with Gasteiger partial charge in [-0.1, -0.05) is 173 Å². The summed E-state index contributed by atoms with van der Waals surface area (Å²) in [7, 11) is 0. The highest BCUT2D eigenvalue weighted by Gasteiger charge is 2.33. The summed E-state index contributed by atoms with van der Waals surface area (Å²) in [5.41, 5.74) is 16.9. The van der Waals surface area contributed by atoms with Crippen molar-refractivity contribution < 1.29 is 4.74 Å². The lowest BCUT2D eigenvalue weighted by Crippen LogP contribution is -2.25. The normalized spacial score (nSPS) is 13.9. The van der Waals surface area contributed by atoms with Crippen molar-refractivity contribution in [1.29, 1.82) is 0 Å². The summed E-state index contributed by atoms with van der Waals surface area (Å²) in [5, 5.41) is 2.35. The number of ether oxygens (including phenoxy) is 1. The maximum Gasteiger partial charge on any atom is 0.137 e. The maximum atomic E-state index is 7.08. The molecule has 2 aromatic heterocycles. The highest BCUT2D eigenvalue weighted by molar-refractivity contribution is 6.09. The summed E-state index contributed by atoms with van der Waals surface area (Å²) in [6, 6.07) is 48.0. The molecule has 0 saturated heterocycles. The molecule has 8 aromatic rings. The number of nitrogens with zero attached hydrogens (tertiary/aromatic N) is 4. The van der Waals surface area contributed by atoms with Crippen LogP contribution in [0.1, 0.15) is 158 Å². The van der Waals surface area contributed by atoms with Gasteiger partial charge in [0.15, 0.2) is 0 Å². The van der Waals surface area contributed by atoms with Crippen molar-refractivity contribution in [2.75, 3.05) is 16.5 Å². The van der Waals surface area contributed by atoms with Crippen molar-refractivity contribution in [2.45, 2.75) is 157 Å². The average molecular weight is 943 g/mol. The Bertz CT molecular complexity index is 3290. The molecule has 1 aliphatic heterocycles. The first-order valence-corrected chi connectivity index (χ1v) is 25.8. The first kappa shape index (κ1) is 49.6. The minimum absolute atomic E-state index is 0.00660. The number of benzene rings is 6. The molecule has 71 heavy (non-hydrogen) atoms. The molecule has 5 heteroatoms. The largest absolute Gasteiger partial charge is 0.457 e. The van der Waals surface area contributed by atoms with Crippen molar-refractivity contribution in [3.05, 3.63) is 167 Å². The molecule has 6 aromatic carbocycles. The third kappa shape index (κ3) is 9.87. The first-order chi connectivity index (χ1) is 32.9. The van der Waals surface area contributed by atoms with E-state index >= 15 is 0 Å². The molecule has 3 heterocycles. The lowest BCUT2D eigenvalue weighted by molar-refractivity contribution is 0.479. The molecule has 9 rings (SSSR count). The molecule has 0 fully saturated rings. The summed E-state index contributed by atoms with van der Waals surface area (Å²) in [4.78, 5) is 9.97. The van der Waals surface area contributed by atoms with E-state index < -0.39 is 0 Å². The fourth-order valence-corrected chi connectivity index (χ4v) is 9.83. The monoisotopic (exact) mass is 943 g/mol. The molecule has 0 N–H and O–H groups in total. The van der Waals surface area contributed by atoms with Gasteiger partial charge in [-0.15, -0.1) is 0 Å². The van der Waals surface area contributed by atoms with Gasteiger partial charge in [0.05, 0.1) is 22.4 Å². The molecule has 0 bridgehead atoms. The zero-order chi connectivity index (χ0) is 51.4. The Kier molecular flexibility index (Phi) is 12.0. The average Bonchev–Trinajstić information content (AvgIpc) is 3.83. The number of fused-ring (bicyclic) bond motifs is 4. The lowest BCUT2D eigenvalue weighted by atomic mass is 9.78. The molecule has 368 valence electrons. The number of anilines is 4. The summed E-state index contributed by atoms with van der Waals surface area (Å²) >= 11 is 0. The van der Waals surface area contributed by atoms with Gasteiger partial charge in [-0.25, -0.2) is 4.98 Å². The summed E-state index contributed by atoms with van der Waals surface area (Å²) < 4.78 is 9.36. The molecule has 5 nitrogen and oxygen atoms in total. The fraction of sp³-hybridized carbons (Fsp3) is 0.379.